The second-order valence-electron chi connectivity index (χ2n) is 4.01. The molecule has 0 radical (unpaired) electrons. The number of benzene rings is 1. The van der Waals surface area contributed by atoms with Gasteiger partial charge < -0.3 is 9.73 Å². The standard InChI is InChI=1S/C14H16INO/c1-2-3-11-4-6-12(7-5-11)16-10-13-8-9-14(15)17-13/h4-9,16H,2-3,10H2,1H3. The van der Waals surface area contributed by atoms with E-state index >= 15 is 0 Å². The third-order valence-corrected chi connectivity index (χ3v) is 3.17. The van der Waals surface area contributed by atoms with Gasteiger partial charge in [0.2, 0.25) is 0 Å². The summed E-state index contributed by atoms with van der Waals surface area (Å²) in [7, 11) is 0. The Hall–Kier alpha value is -0.970. The van der Waals surface area contributed by atoms with Crippen molar-refractivity contribution in [2.24, 2.45) is 0 Å². The lowest BCUT2D eigenvalue weighted by atomic mass is 10.1. The van der Waals surface area contributed by atoms with Crippen molar-refractivity contribution in [1.29, 1.82) is 0 Å². The summed E-state index contributed by atoms with van der Waals surface area (Å²) >= 11 is 2.17. The molecule has 0 atom stereocenters. The van der Waals surface area contributed by atoms with Gasteiger partial charge in [-0.15, -0.1) is 0 Å². The van der Waals surface area contributed by atoms with Crippen LogP contribution in [0.1, 0.15) is 24.7 Å². The number of halogens is 1. The molecule has 0 saturated heterocycles. The fourth-order valence-electron chi connectivity index (χ4n) is 1.71. The summed E-state index contributed by atoms with van der Waals surface area (Å²) in [5, 5.41) is 3.35. The number of nitrogens with one attached hydrogen (secondary N) is 1. The first-order valence-electron chi connectivity index (χ1n) is 5.85. The van der Waals surface area contributed by atoms with E-state index in [0.29, 0.717) is 0 Å². The summed E-state index contributed by atoms with van der Waals surface area (Å²) in [5.74, 6) is 0.965. The molecule has 2 aromatic rings. The minimum Gasteiger partial charge on any atom is -0.454 e. The molecule has 2 rings (SSSR count). The lowest BCUT2D eigenvalue weighted by Crippen LogP contribution is -1.98. The molecule has 17 heavy (non-hydrogen) atoms. The number of anilines is 1. The van der Waals surface area contributed by atoms with Gasteiger partial charge in [-0.1, -0.05) is 25.5 Å². The van der Waals surface area contributed by atoms with Crippen LogP contribution in [-0.4, -0.2) is 0 Å². The van der Waals surface area contributed by atoms with Crippen LogP contribution in [-0.2, 0) is 13.0 Å². The number of hydrogen-bond donors (Lipinski definition) is 1. The zero-order chi connectivity index (χ0) is 12.1. The largest absolute Gasteiger partial charge is 0.454 e. The minimum atomic E-state index is 0.732. The van der Waals surface area contributed by atoms with Gasteiger partial charge in [0.15, 0.2) is 3.77 Å². The zero-order valence-electron chi connectivity index (χ0n) is 9.87. The van der Waals surface area contributed by atoms with Gasteiger partial charge in [-0.25, -0.2) is 0 Å². The Morgan fingerprint density at radius 2 is 1.88 bits per heavy atom. The van der Waals surface area contributed by atoms with Gasteiger partial charge in [-0.3, -0.25) is 0 Å². The predicted molar refractivity (Wildman–Crippen MR) is 79.2 cm³/mol. The van der Waals surface area contributed by atoms with E-state index in [2.05, 4.69) is 59.1 Å². The molecule has 1 aromatic heterocycles. The monoisotopic (exact) mass is 341 g/mol. The first-order chi connectivity index (χ1) is 8.28. The summed E-state index contributed by atoms with van der Waals surface area (Å²) in [4.78, 5) is 0. The molecule has 0 amide bonds. The lowest BCUT2D eigenvalue weighted by Gasteiger charge is -2.05. The van der Waals surface area contributed by atoms with E-state index < -0.39 is 0 Å². The Morgan fingerprint density at radius 3 is 2.47 bits per heavy atom. The van der Waals surface area contributed by atoms with Crippen molar-refractivity contribution < 1.29 is 4.42 Å². The van der Waals surface area contributed by atoms with Crippen LogP contribution in [0.2, 0.25) is 0 Å². The molecule has 0 aliphatic heterocycles. The van der Waals surface area contributed by atoms with Crippen molar-refractivity contribution in [2.75, 3.05) is 5.32 Å². The Labute approximate surface area is 116 Å². The highest BCUT2D eigenvalue weighted by atomic mass is 127. The van der Waals surface area contributed by atoms with Crippen LogP contribution in [0.5, 0.6) is 0 Å². The van der Waals surface area contributed by atoms with E-state index in [1.54, 1.807) is 0 Å². The summed E-state index contributed by atoms with van der Waals surface area (Å²) in [5.41, 5.74) is 2.53. The van der Waals surface area contributed by atoms with E-state index in [0.717, 1.165) is 28.2 Å². The molecule has 90 valence electrons. The summed E-state index contributed by atoms with van der Waals surface area (Å²) < 4.78 is 6.42. The van der Waals surface area contributed by atoms with E-state index in [1.165, 1.54) is 12.0 Å². The van der Waals surface area contributed by atoms with Crippen LogP contribution in [0.25, 0.3) is 0 Å². The number of rotatable bonds is 5. The molecule has 3 heteroatoms. The maximum Gasteiger partial charge on any atom is 0.164 e. The number of hydrogen-bond acceptors (Lipinski definition) is 2. The van der Waals surface area contributed by atoms with Crippen molar-refractivity contribution in [1.82, 2.24) is 0 Å². The summed E-state index contributed by atoms with van der Waals surface area (Å²) in [6.07, 6.45) is 2.34. The highest BCUT2D eigenvalue weighted by Crippen LogP contribution is 2.14. The fraction of sp³-hybridized carbons (Fsp3) is 0.286. The van der Waals surface area contributed by atoms with Crippen LogP contribution in [0.4, 0.5) is 5.69 Å². The molecular weight excluding hydrogens is 325 g/mol. The van der Waals surface area contributed by atoms with Gasteiger partial charge in [0, 0.05) is 5.69 Å². The van der Waals surface area contributed by atoms with Crippen molar-refractivity contribution in [3.8, 4) is 0 Å². The first kappa shape index (κ1) is 12.5. The second-order valence-corrected chi connectivity index (χ2v) is 5.07. The fourth-order valence-corrected chi connectivity index (χ4v) is 2.18. The molecule has 0 spiro atoms. The second kappa shape index (κ2) is 6.10. The van der Waals surface area contributed by atoms with Crippen molar-refractivity contribution >= 4 is 28.3 Å². The molecule has 0 bridgehead atoms. The normalized spacial score (nSPS) is 10.5. The van der Waals surface area contributed by atoms with E-state index in [9.17, 15) is 0 Å². The van der Waals surface area contributed by atoms with Gasteiger partial charge in [0.25, 0.3) is 0 Å². The van der Waals surface area contributed by atoms with Crippen molar-refractivity contribution in [3.05, 3.63) is 51.5 Å². The maximum absolute atomic E-state index is 5.49. The quantitative estimate of drug-likeness (QED) is 0.813. The molecule has 0 aliphatic carbocycles. The van der Waals surface area contributed by atoms with Gasteiger partial charge in [0.1, 0.15) is 5.76 Å². The Balaban J connectivity index is 1.90. The Bertz CT molecular complexity index is 461. The predicted octanol–water partition coefficient (Wildman–Crippen LogP) is 4.45. The van der Waals surface area contributed by atoms with Crippen LogP contribution < -0.4 is 5.32 Å². The molecule has 2 nitrogen and oxygen atoms in total. The topological polar surface area (TPSA) is 25.2 Å². The van der Waals surface area contributed by atoms with Crippen LogP contribution in [0.3, 0.4) is 0 Å². The molecule has 0 saturated carbocycles. The number of aryl methyl sites for hydroxylation is 1. The van der Waals surface area contributed by atoms with Crippen LogP contribution in [0, 0.1) is 3.77 Å². The minimum absolute atomic E-state index is 0.732. The smallest absolute Gasteiger partial charge is 0.164 e. The van der Waals surface area contributed by atoms with E-state index in [4.69, 9.17) is 4.42 Å². The van der Waals surface area contributed by atoms with Gasteiger partial charge >= 0.3 is 0 Å². The van der Waals surface area contributed by atoms with Gasteiger partial charge in [-0.05, 0) is 58.8 Å². The molecule has 0 aliphatic rings. The number of furan rings is 1. The molecular formula is C14H16INO. The average Bonchev–Trinajstić information content (AvgIpc) is 2.75. The van der Waals surface area contributed by atoms with Gasteiger partial charge in [0.05, 0.1) is 6.54 Å². The molecule has 1 N–H and O–H groups in total. The maximum atomic E-state index is 5.49. The first-order valence-corrected chi connectivity index (χ1v) is 6.93. The van der Waals surface area contributed by atoms with Crippen molar-refractivity contribution in [3.63, 3.8) is 0 Å². The van der Waals surface area contributed by atoms with E-state index in [-0.39, 0.29) is 0 Å². The van der Waals surface area contributed by atoms with Crippen LogP contribution in [0.15, 0.2) is 40.8 Å². The summed E-state index contributed by atoms with van der Waals surface area (Å²) in [6, 6.07) is 12.6. The van der Waals surface area contributed by atoms with E-state index in [1.807, 2.05) is 12.1 Å². The molecule has 1 aromatic carbocycles. The molecule has 0 fully saturated rings. The zero-order valence-corrected chi connectivity index (χ0v) is 12.0. The highest BCUT2D eigenvalue weighted by Gasteiger charge is 1.99. The highest BCUT2D eigenvalue weighted by molar-refractivity contribution is 14.1. The third-order valence-electron chi connectivity index (χ3n) is 2.59. The average molecular weight is 341 g/mol. The Kier molecular flexibility index (Phi) is 4.48. The molecule has 0 unspecified atom stereocenters. The van der Waals surface area contributed by atoms with Crippen LogP contribution >= 0.6 is 22.6 Å². The third kappa shape index (κ3) is 3.77. The SMILES string of the molecule is CCCc1ccc(NCc2ccc(I)o2)cc1. The summed E-state index contributed by atoms with van der Waals surface area (Å²) in [6.45, 7) is 2.93. The lowest BCUT2D eigenvalue weighted by molar-refractivity contribution is 0.493. The van der Waals surface area contributed by atoms with Gasteiger partial charge in [-0.2, -0.15) is 0 Å². The molecule has 1 heterocycles. The van der Waals surface area contributed by atoms with Crippen molar-refractivity contribution in [2.45, 2.75) is 26.3 Å². The Morgan fingerprint density at radius 1 is 1.12 bits per heavy atom.